The van der Waals surface area contributed by atoms with Crippen LogP contribution in [0.25, 0.3) is 0 Å². The summed E-state index contributed by atoms with van der Waals surface area (Å²) in [6.45, 7) is 0. The van der Waals surface area contributed by atoms with Gasteiger partial charge in [-0.2, -0.15) is 4.58 Å². The van der Waals surface area contributed by atoms with Crippen LogP contribution in [-0.4, -0.2) is 28.4 Å². The van der Waals surface area contributed by atoms with Gasteiger partial charge in [0.15, 0.2) is 0 Å². The van der Waals surface area contributed by atoms with Crippen molar-refractivity contribution in [2.75, 3.05) is 7.05 Å². The number of hydrogen-bond acceptors (Lipinski definition) is 1. The molecule has 0 spiro atoms. The lowest BCUT2D eigenvalue weighted by Crippen LogP contribution is -2.13. The Morgan fingerprint density at radius 2 is 2.00 bits per heavy atom. The molecule has 0 amide bonds. The van der Waals surface area contributed by atoms with E-state index in [2.05, 4.69) is 0 Å². The zero-order chi connectivity index (χ0) is 8.72. The standard InChI is InChI=1S/C9H7NO2/c1-10-7-5-3-2-4-6(7)8(11)9(10)12/h2-5H,1H3/p+1. The van der Waals surface area contributed by atoms with Crippen molar-refractivity contribution in [2.45, 2.75) is 0 Å². The van der Waals surface area contributed by atoms with Crippen molar-refractivity contribution in [1.29, 1.82) is 0 Å². The van der Waals surface area contributed by atoms with Gasteiger partial charge in [0.1, 0.15) is 12.6 Å². The van der Waals surface area contributed by atoms with Crippen molar-refractivity contribution in [3.63, 3.8) is 0 Å². The van der Waals surface area contributed by atoms with Crippen LogP contribution in [0, 0.1) is 0 Å². The van der Waals surface area contributed by atoms with Gasteiger partial charge >= 0.3 is 11.7 Å². The highest BCUT2D eigenvalue weighted by Gasteiger charge is 2.35. The molecule has 0 unspecified atom stereocenters. The molecular formula is C9H8NO2+. The van der Waals surface area contributed by atoms with Gasteiger partial charge in [-0.15, -0.1) is 0 Å². The summed E-state index contributed by atoms with van der Waals surface area (Å²) in [7, 11) is 1.67. The number of rotatable bonds is 0. The third-order valence-corrected chi connectivity index (χ3v) is 2.03. The fourth-order valence-corrected chi connectivity index (χ4v) is 1.34. The molecule has 0 saturated carbocycles. The Kier molecular flexibility index (Phi) is 1.27. The van der Waals surface area contributed by atoms with E-state index in [9.17, 15) is 9.90 Å². The van der Waals surface area contributed by atoms with Gasteiger partial charge in [-0.3, -0.25) is 4.79 Å². The number of benzene rings is 1. The van der Waals surface area contributed by atoms with Crippen molar-refractivity contribution < 1.29 is 14.5 Å². The van der Waals surface area contributed by atoms with Crippen molar-refractivity contribution in [2.24, 2.45) is 0 Å². The monoisotopic (exact) mass is 162 g/mol. The van der Waals surface area contributed by atoms with Crippen LogP contribution < -0.4 is 0 Å². The summed E-state index contributed by atoms with van der Waals surface area (Å²) < 4.78 is 1.48. The van der Waals surface area contributed by atoms with E-state index in [4.69, 9.17) is 0 Å². The smallest absolute Gasteiger partial charge is 0.415 e. The molecule has 0 bridgehead atoms. The second-order valence-corrected chi connectivity index (χ2v) is 2.73. The van der Waals surface area contributed by atoms with Crippen molar-refractivity contribution in [3.8, 4) is 0 Å². The van der Waals surface area contributed by atoms with E-state index in [1.54, 1.807) is 25.2 Å². The van der Waals surface area contributed by atoms with Crippen LogP contribution in [0.5, 0.6) is 0 Å². The number of carbonyl (C=O) groups excluding carboxylic acids is 1. The molecule has 1 aromatic carbocycles. The van der Waals surface area contributed by atoms with Gasteiger partial charge < -0.3 is 5.11 Å². The van der Waals surface area contributed by atoms with Crippen LogP contribution in [-0.2, 0) is 0 Å². The minimum absolute atomic E-state index is 0.198. The fourth-order valence-electron chi connectivity index (χ4n) is 1.34. The van der Waals surface area contributed by atoms with E-state index >= 15 is 0 Å². The predicted molar refractivity (Wildman–Crippen MR) is 44.3 cm³/mol. The Hall–Kier alpha value is -1.64. The zero-order valence-corrected chi connectivity index (χ0v) is 6.61. The number of aliphatic hydroxyl groups is 1. The molecule has 0 saturated heterocycles. The number of carbonyl (C=O) groups is 1. The van der Waals surface area contributed by atoms with E-state index < -0.39 is 0 Å². The van der Waals surface area contributed by atoms with Crippen LogP contribution in [0.2, 0.25) is 0 Å². The highest BCUT2D eigenvalue weighted by atomic mass is 16.3. The number of Topliss-reactive ketones (excluding diaryl/α,β-unsaturated/α-hetero) is 1. The lowest BCUT2D eigenvalue weighted by molar-refractivity contribution is -0.410. The molecular weight excluding hydrogens is 154 g/mol. The molecule has 2 rings (SSSR count). The van der Waals surface area contributed by atoms with Crippen LogP contribution in [0.3, 0.4) is 0 Å². The molecule has 1 heterocycles. The second kappa shape index (κ2) is 2.17. The Morgan fingerprint density at radius 1 is 1.33 bits per heavy atom. The molecule has 3 nitrogen and oxygen atoms in total. The van der Waals surface area contributed by atoms with Crippen molar-refractivity contribution in [1.82, 2.24) is 0 Å². The Bertz CT molecular complexity index is 393. The van der Waals surface area contributed by atoms with Gasteiger partial charge in [0.25, 0.3) is 0 Å². The summed E-state index contributed by atoms with van der Waals surface area (Å²) in [5.74, 6) is -0.496. The van der Waals surface area contributed by atoms with Gasteiger partial charge in [0.2, 0.25) is 5.69 Å². The molecule has 12 heavy (non-hydrogen) atoms. The normalized spacial score (nSPS) is 15.2. The Balaban J connectivity index is 2.73. The number of ketones is 1. The number of hydrogen-bond donors (Lipinski definition) is 1. The molecule has 3 heteroatoms. The van der Waals surface area contributed by atoms with Gasteiger partial charge in [-0.25, -0.2) is 0 Å². The van der Waals surface area contributed by atoms with Crippen LogP contribution >= 0.6 is 0 Å². The SMILES string of the molecule is C[N+]1=C(O)C(=O)c2ccccc21. The largest absolute Gasteiger partial charge is 0.457 e. The Labute approximate surface area is 69.6 Å². The lowest BCUT2D eigenvalue weighted by atomic mass is 10.1. The van der Waals surface area contributed by atoms with Gasteiger partial charge in [0, 0.05) is 6.07 Å². The molecule has 60 valence electrons. The summed E-state index contributed by atoms with van der Waals surface area (Å²) in [4.78, 5) is 11.3. The van der Waals surface area contributed by atoms with E-state index in [-0.39, 0.29) is 11.7 Å². The Morgan fingerprint density at radius 3 is 2.67 bits per heavy atom. The summed E-state index contributed by atoms with van der Waals surface area (Å²) in [6, 6.07) is 7.12. The first-order valence-corrected chi connectivity index (χ1v) is 3.65. The first kappa shape index (κ1) is 7.03. The summed E-state index contributed by atoms with van der Waals surface area (Å²) in [5.41, 5.74) is 1.33. The number of fused-ring (bicyclic) bond motifs is 1. The minimum atomic E-state index is -0.298. The fraction of sp³-hybridized carbons (Fsp3) is 0.111. The molecule has 1 aliphatic heterocycles. The molecule has 0 aromatic heterocycles. The maximum Gasteiger partial charge on any atom is 0.415 e. The van der Waals surface area contributed by atoms with Gasteiger partial charge in [-0.05, 0) is 6.07 Å². The summed E-state index contributed by atoms with van der Waals surface area (Å²) in [6.07, 6.45) is 0. The minimum Gasteiger partial charge on any atom is -0.457 e. The molecule has 0 atom stereocenters. The van der Waals surface area contributed by atoms with Crippen LogP contribution in [0.15, 0.2) is 24.3 Å². The van der Waals surface area contributed by atoms with E-state index in [0.29, 0.717) is 5.56 Å². The van der Waals surface area contributed by atoms with Crippen molar-refractivity contribution in [3.05, 3.63) is 29.8 Å². The zero-order valence-electron chi connectivity index (χ0n) is 6.61. The van der Waals surface area contributed by atoms with E-state index in [1.165, 1.54) is 4.58 Å². The lowest BCUT2D eigenvalue weighted by Gasteiger charge is -1.89. The molecule has 1 aliphatic rings. The van der Waals surface area contributed by atoms with Crippen LogP contribution in [0.1, 0.15) is 10.4 Å². The molecule has 0 aliphatic carbocycles. The number of nitrogens with zero attached hydrogens (tertiary/aromatic N) is 1. The second-order valence-electron chi connectivity index (χ2n) is 2.73. The topological polar surface area (TPSA) is 40.3 Å². The average Bonchev–Trinajstić information content (AvgIpc) is 2.33. The number of para-hydroxylation sites is 1. The first-order valence-electron chi connectivity index (χ1n) is 3.65. The van der Waals surface area contributed by atoms with Crippen molar-refractivity contribution >= 4 is 17.4 Å². The maximum atomic E-state index is 11.3. The highest BCUT2D eigenvalue weighted by Crippen LogP contribution is 2.23. The first-order chi connectivity index (χ1) is 5.72. The van der Waals surface area contributed by atoms with E-state index in [1.807, 2.05) is 6.07 Å². The van der Waals surface area contributed by atoms with E-state index in [0.717, 1.165) is 5.69 Å². The van der Waals surface area contributed by atoms with Gasteiger partial charge in [-0.1, -0.05) is 12.1 Å². The average molecular weight is 162 g/mol. The van der Waals surface area contributed by atoms with Gasteiger partial charge in [0.05, 0.1) is 0 Å². The van der Waals surface area contributed by atoms with Crippen LogP contribution in [0.4, 0.5) is 5.69 Å². The predicted octanol–water partition coefficient (Wildman–Crippen LogP) is 1.11. The third kappa shape index (κ3) is 0.704. The molecule has 1 N–H and O–H groups in total. The third-order valence-electron chi connectivity index (χ3n) is 2.03. The maximum absolute atomic E-state index is 11.3. The summed E-state index contributed by atoms with van der Waals surface area (Å²) >= 11 is 0. The molecule has 1 aromatic rings. The molecule has 0 fully saturated rings. The number of aliphatic hydroxyl groups excluding tert-OH is 1. The summed E-state index contributed by atoms with van der Waals surface area (Å²) in [5, 5.41) is 9.28. The molecule has 0 radical (unpaired) electrons. The quantitative estimate of drug-likeness (QED) is 0.580. The highest BCUT2D eigenvalue weighted by molar-refractivity contribution is 6.43.